The van der Waals surface area contributed by atoms with Crippen molar-refractivity contribution in [3.05, 3.63) is 59.1 Å². The molecule has 0 unspecified atom stereocenters. The molecule has 0 bridgehead atoms. The smallest absolute Gasteiger partial charge is 0.102 e. The summed E-state index contributed by atoms with van der Waals surface area (Å²) in [5.41, 5.74) is 3.26. The molecule has 0 aliphatic heterocycles. The molecule has 0 amide bonds. The Morgan fingerprint density at radius 3 is 2.50 bits per heavy atom. The molecule has 1 heterocycles. The molecule has 0 fully saturated rings. The molecule has 2 nitrogen and oxygen atoms in total. The quantitative estimate of drug-likeness (QED) is 0.687. The number of para-hydroxylation sites is 1. The van der Waals surface area contributed by atoms with E-state index in [-0.39, 0.29) is 0 Å². The van der Waals surface area contributed by atoms with Crippen molar-refractivity contribution < 1.29 is 0 Å². The molecule has 0 atom stereocenters. The molecule has 0 radical (unpaired) electrons. The van der Waals surface area contributed by atoms with Gasteiger partial charge in [-0.25, -0.2) is 0 Å². The average Bonchev–Trinajstić information content (AvgIpc) is 2.80. The number of rotatable bonds is 1. The monoisotopic (exact) mass is 252 g/mol. The van der Waals surface area contributed by atoms with Crippen LogP contribution in [0.3, 0.4) is 0 Å². The highest BCUT2D eigenvalue weighted by Crippen LogP contribution is 2.32. The summed E-state index contributed by atoms with van der Waals surface area (Å²) in [5.74, 6) is 0. The number of hydrogen-bond donors (Lipinski definition) is 1. The molecule has 0 saturated carbocycles. The second kappa shape index (κ2) is 4.21. The third-order valence-corrected chi connectivity index (χ3v) is 3.27. The molecule has 2 aromatic carbocycles. The number of fused-ring (bicyclic) bond motifs is 1. The van der Waals surface area contributed by atoms with Gasteiger partial charge in [-0.05, 0) is 11.6 Å². The van der Waals surface area contributed by atoms with Gasteiger partial charge in [0, 0.05) is 5.39 Å². The van der Waals surface area contributed by atoms with Crippen LogP contribution in [0.15, 0.2) is 48.5 Å². The molecule has 0 spiro atoms. The number of aromatic amines is 1. The molecule has 0 saturated heterocycles. The SMILES string of the molecule is N#Cc1c(-c2ccccc2)[nH]c2c(Cl)cccc12. The maximum Gasteiger partial charge on any atom is 0.102 e. The van der Waals surface area contributed by atoms with E-state index in [1.807, 2.05) is 48.5 Å². The van der Waals surface area contributed by atoms with Crippen LogP contribution in [0.1, 0.15) is 5.56 Å². The summed E-state index contributed by atoms with van der Waals surface area (Å²) in [4.78, 5) is 3.25. The van der Waals surface area contributed by atoms with Crippen molar-refractivity contribution in [2.75, 3.05) is 0 Å². The number of aromatic nitrogens is 1. The summed E-state index contributed by atoms with van der Waals surface area (Å²) in [5, 5.41) is 10.8. The minimum absolute atomic E-state index is 0.631. The zero-order chi connectivity index (χ0) is 12.5. The van der Waals surface area contributed by atoms with Crippen LogP contribution < -0.4 is 0 Å². The van der Waals surface area contributed by atoms with E-state index < -0.39 is 0 Å². The Labute approximate surface area is 109 Å². The lowest BCUT2D eigenvalue weighted by Gasteiger charge is -1.97. The first-order chi connectivity index (χ1) is 8.81. The molecule has 0 aliphatic carbocycles. The standard InChI is InChI=1S/C15H9ClN2/c16-13-8-4-7-11-12(9-17)14(18-15(11)13)10-5-2-1-3-6-10/h1-8,18H. The summed E-state index contributed by atoms with van der Waals surface area (Å²) in [6, 6.07) is 17.6. The van der Waals surface area contributed by atoms with Gasteiger partial charge in [-0.2, -0.15) is 5.26 Å². The summed E-state index contributed by atoms with van der Waals surface area (Å²) < 4.78 is 0. The van der Waals surface area contributed by atoms with Gasteiger partial charge >= 0.3 is 0 Å². The molecule has 3 heteroatoms. The number of benzene rings is 2. The van der Waals surface area contributed by atoms with Gasteiger partial charge in [-0.15, -0.1) is 0 Å². The Balaban J connectivity index is 2.38. The minimum Gasteiger partial charge on any atom is -0.352 e. The summed E-state index contributed by atoms with van der Waals surface area (Å²) in [6.45, 7) is 0. The molecule has 18 heavy (non-hydrogen) atoms. The number of H-pyrrole nitrogens is 1. The van der Waals surface area contributed by atoms with E-state index in [1.54, 1.807) is 0 Å². The summed E-state index contributed by atoms with van der Waals surface area (Å²) in [6.07, 6.45) is 0. The van der Waals surface area contributed by atoms with Crippen molar-refractivity contribution in [2.45, 2.75) is 0 Å². The first-order valence-corrected chi connectivity index (χ1v) is 5.95. The van der Waals surface area contributed by atoms with Crippen molar-refractivity contribution in [2.24, 2.45) is 0 Å². The predicted octanol–water partition coefficient (Wildman–Crippen LogP) is 4.36. The highest BCUT2D eigenvalue weighted by molar-refractivity contribution is 6.35. The highest BCUT2D eigenvalue weighted by atomic mass is 35.5. The molecular weight excluding hydrogens is 244 g/mol. The first-order valence-electron chi connectivity index (χ1n) is 5.57. The Bertz CT molecular complexity index is 751. The zero-order valence-electron chi connectivity index (χ0n) is 9.44. The van der Waals surface area contributed by atoms with Crippen LogP contribution in [-0.4, -0.2) is 4.98 Å². The minimum atomic E-state index is 0.631. The third kappa shape index (κ3) is 1.57. The topological polar surface area (TPSA) is 39.6 Å². The molecule has 3 rings (SSSR count). The Kier molecular flexibility index (Phi) is 2.55. The maximum atomic E-state index is 9.34. The maximum absolute atomic E-state index is 9.34. The summed E-state index contributed by atoms with van der Waals surface area (Å²) >= 11 is 6.15. The van der Waals surface area contributed by atoms with E-state index in [2.05, 4.69) is 11.1 Å². The zero-order valence-corrected chi connectivity index (χ0v) is 10.2. The lowest BCUT2D eigenvalue weighted by molar-refractivity contribution is 1.43. The van der Waals surface area contributed by atoms with Gasteiger partial charge in [0.1, 0.15) is 6.07 Å². The summed E-state index contributed by atoms with van der Waals surface area (Å²) in [7, 11) is 0. The van der Waals surface area contributed by atoms with Gasteiger partial charge in [0.05, 0.1) is 21.8 Å². The highest BCUT2D eigenvalue weighted by Gasteiger charge is 2.13. The fraction of sp³-hybridized carbons (Fsp3) is 0. The molecule has 3 aromatic rings. The molecular formula is C15H9ClN2. The van der Waals surface area contributed by atoms with Crippen molar-refractivity contribution in [1.29, 1.82) is 5.26 Å². The van der Waals surface area contributed by atoms with E-state index in [9.17, 15) is 5.26 Å². The van der Waals surface area contributed by atoms with Crippen molar-refractivity contribution >= 4 is 22.5 Å². The lowest BCUT2D eigenvalue weighted by Crippen LogP contribution is -1.80. The molecule has 0 aliphatic rings. The Morgan fingerprint density at radius 1 is 1.00 bits per heavy atom. The van der Waals surface area contributed by atoms with Crippen LogP contribution in [-0.2, 0) is 0 Å². The molecule has 1 N–H and O–H groups in total. The molecule has 86 valence electrons. The number of nitrogens with one attached hydrogen (secondary N) is 1. The van der Waals surface area contributed by atoms with Crippen molar-refractivity contribution in [3.8, 4) is 17.3 Å². The van der Waals surface area contributed by atoms with Crippen molar-refractivity contribution in [1.82, 2.24) is 4.98 Å². The van der Waals surface area contributed by atoms with Crippen LogP contribution in [0.25, 0.3) is 22.2 Å². The Hall–Kier alpha value is -2.24. The first kappa shape index (κ1) is 10.9. The predicted molar refractivity (Wildman–Crippen MR) is 73.5 cm³/mol. The molecule has 1 aromatic heterocycles. The number of hydrogen-bond acceptors (Lipinski definition) is 1. The van der Waals surface area contributed by atoms with Crippen LogP contribution >= 0.6 is 11.6 Å². The van der Waals surface area contributed by atoms with E-state index in [4.69, 9.17) is 11.6 Å². The van der Waals surface area contributed by atoms with Gasteiger partial charge < -0.3 is 4.98 Å². The van der Waals surface area contributed by atoms with E-state index >= 15 is 0 Å². The second-order valence-electron chi connectivity index (χ2n) is 4.02. The Morgan fingerprint density at radius 2 is 1.78 bits per heavy atom. The normalized spacial score (nSPS) is 10.4. The largest absolute Gasteiger partial charge is 0.352 e. The van der Waals surface area contributed by atoms with Gasteiger partial charge in [0.25, 0.3) is 0 Å². The fourth-order valence-electron chi connectivity index (χ4n) is 2.12. The van der Waals surface area contributed by atoms with E-state index in [1.165, 1.54) is 0 Å². The average molecular weight is 253 g/mol. The van der Waals surface area contributed by atoms with Gasteiger partial charge in [-0.1, -0.05) is 54.1 Å². The van der Waals surface area contributed by atoms with Crippen LogP contribution in [0.4, 0.5) is 0 Å². The van der Waals surface area contributed by atoms with Crippen LogP contribution in [0.2, 0.25) is 5.02 Å². The van der Waals surface area contributed by atoms with Crippen LogP contribution in [0, 0.1) is 11.3 Å². The van der Waals surface area contributed by atoms with Crippen LogP contribution in [0.5, 0.6) is 0 Å². The number of nitrogens with zero attached hydrogens (tertiary/aromatic N) is 1. The second-order valence-corrected chi connectivity index (χ2v) is 4.42. The van der Waals surface area contributed by atoms with E-state index in [0.29, 0.717) is 10.6 Å². The third-order valence-electron chi connectivity index (χ3n) is 2.96. The van der Waals surface area contributed by atoms with Gasteiger partial charge in [0.2, 0.25) is 0 Å². The lowest BCUT2D eigenvalue weighted by atomic mass is 10.1. The van der Waals surface area contributed by atoms with Gasteiger partial charge in [0.15, 0.2) is 0 Å². The fourth-order valence-corrected chi connectivity index (χ4v) is 2.34. The number of nitriles is 1. The van der Waals surface area contributed by atoms with Crippen molar-refractivity contribution in [3.63, 3.8) is 0 Å². The number of halogens is 1. The van der Waals surface area contributed by atoms with E-state index in [0.717, 1.165) is 22.2 Å². The van der Waals surface area contributed by atoms with Gasteiger partial charge in [-0.3, -0.25) is 0 Å².